The zero-order chi connectivity index (χ0) is 25.9. The first kappa shape index (κ1) is 14.7. The molecule has 0 saturated carbocycles. The molecule has 2 atom stereocenters. The van der Waals surface area contributed by atoms with Gasteiger partial charge in [0.25, 0.3) is 11.8 Å². The van der Waals surface area contributed by atoms with Gasteiger partial charge in [0.2, 0.25) is 5.43 Å². The monoisotopic (exact) mass is 424 g/mol. The van der Waals surface area contributed by atoms with E-state index in [1.807, 2.05) is 0 Å². The van der Waals surface area contributed by atoms with Crippen molar-refractivity contribution in [1.82, 2.24) is 14.8 Å². The van der Waals surface area contributed by atoms with Crippen molar-refractivity contribution in [2.75, 3.05) is 6.61 Å². The van der Waals surface area contributed by atoms with Gasteiger partial charge in [-0.05, 0) is 19.3 Å². The van der Waals surface area contributed by atoms with Crippen molar-refractivity contribution in [3.05, 3.63) is 63.1 Å². The standard InChI is InChI=1S/C20H19F2N3O5/c1-10-4-5-30-15-9-24-8-13(17(26)18(27)16(24)20(29)25(10)15)19(28)23-7-11-2-3-12(21)6-14(11)22/h2-3,6,8,10,15,27H,4-5,7,9H2,1H3,(H,23,28)/t10-,15+/m1/s1/i1D3,10D,15D. The highest BCUT2D eigenvalue weighted by molar-refractivity contribution is 5.99. The molecule has 1 aromatic heterocycles. The molecule has 0 aliphatic carbocycles. The summed E-state index contributed by atoms with van der Waals surface area (Å²) >= 11 is 0. The Morgan fingerprint density at radius 3 is 2.97 bits per heavy atom. The summed E-state index contributed by atoms with van der Waals surface area (Å²) < 4.78 is 73.3. The number of carbonyl (C=O) groups excluding carboxylic acids is 2. The van der Waals surface area contributed by atoms with Crippen LogP contribution in [0.25, 0.3) is 0 Å². The molecule has 0 spiro atoms. The van der Waals surface area contributed by atoms with Crippen LogP contribution in [0.1, 0.15) is 46.5 Å². The van der Waals surface area contributed by atoms with Gasteiger partial charge in [0.05, 0.1) is 15.9 Å². The zero-order valence-electron chi connectivity index (χ0n) is 20.4. The number of benzene rings is 1. The van der Waals surface area contributed by atoms with Gasteiger partial charge in [-0.1, -0.05) is 6.07 Å². The Labute approximate surface area is 176 Å². The minimum Gasteiger partial charge on any atom is -0.503 e. The minimum atomic E-state index is -3.04. The van der Waals surface area contributed by atoms with E-state index in [9.17, 15) is 28.3 Å². The molecule has 8 nitrogen and oxygen atoms in total. The molecule has 2 aliphatic rings. The van der Waals surface area contributed by atoms with E-state index >= 15 is 0 Å². The Morgan fingerprint density at radius 1 is 1.43 bits per heavy atom. The summed E-state index contributed by atoms with van der Waals surface area (Å²) in [7, 11) is 0. The van der Waals surface area contributed by atoms with Crippen LogP contribution in [-0.4, -0.2) is 45.2 Å². The Hall–Kier alpha value is -3.27. The van der Waals surface area contributed by atoms with Crippen LogP contribution in [0.4, 0.5) is 8.78 Å². The lowest BCUT2D eigenvalue weighted by atomic mass is 10.1. The third-order valence-corrected chi connectivity index (χ3v) is 4.79. The van der Waals surface area contributed by atoms with E-state index in [0.29, 0.717) is 11.0 Å². The molecule has 2 N–H and O–H groups in total. The third kappa shape index (κ3) is 3.32. The number of hydrogen-bond donors (Lipinski definition) is 2. The Balaban J connectivity index is 1.71. The lowest BCUT2D eigenvalue weighted by molar-refractivity contribution is -0.112. The zero-order valence-corrected chi connectivity index (χ0v) is 15.4. The van der Waals surface area contributed by atoms with Gasteiger partial charge >= 0.3 is 0 Å². The molecule has 158 valence electrons. The summed E-state index contributed by atoms with van der Waals surface area (Å²) in [6, 6.07) is 0.123. The first-order valence-electron chi connectivity index (χ1n) is 11.4. The number of amides is 2. The first-order valence-corrected chi connectivity index (χ1v) is 8.87. The number of nitrogens with zero attached hydrogens (tertiary/aromatic N) is 2. The maximum atomic E-state index is 13.8. The van der Waals surface area contributed by atoms with Gasteiger partial charge in [0.1, 0.15) is 17.2 Å². The molecular weight excluding hydrogens is 400 g/mol. The predicted molar refractivity (Wildman–Crippen MR) is 99.9 cm³/mol. The van der Waals surface area contributed by atoms with Gasteiger partial charge in [-0.3, -0.25) is 14.4 Å². The third-order valence-electron chi connectivity index (χ3n) is 4.79. The molecule has 1 fully saturated rings. The number of carbonyl (C=O) groups is 2. The van der Waals surface area contributed by atoms with E-state index in [1.54, 1.807) is 0 Å². The van der Waals surface area contributed by atoms with Gasteiger partial charge in [-0.15, -0.1) is 0 Å². The lowest BCUT2D eigenvalue weighted by Crippen LogP contribution is -2.57. The SMILES string of the molecule is [2H]C([2H])([2H])[C@]1([2H])CCO[C@@]2([2H])Cn3cc(C(=O)NCc4ccc(F)cc4F)c(=O)c(O)c3C(=O)N21. The molecular formula is C20H19F2N3O5. The fourth-order valence-corrected chi connectivity index (χ4v) is 3.29. The van der Waals surface area contributed by atoms with Crippen LogP contribution in [-0.2, 0) is 17.8 Å². The quantitative estimate of drug-likeness (QED) is 0.775. The van der Waals surface area contributed by atoms with E-state index in [0.717, 1.165) is 22.9 Å². The molecule has 2 amide bonds. The Kier molecular flexibility index (Phi) is 3.68. The minimum absolute atomic E-state index is 0.0787. The molecule has 0 unspecified atom stereocenters. The normalized spacial score (nSPS) is 28.3. The molecule has 0 radical (unpaired) electrons. The number of rotatable bonds is 3. The topological polar surface area (TPSA) is 101 Å². The smallest absolute Gasteiger partial charge is 0.276 e. The second-order valence-electron chi connectivity index (χ2n) is 6.69. The number of aromatic hydroxyl groups is 1. The average molecular weight is 424 g/mol. The molecule has 1 saturated heterocycles. The number of nitrogens with one attached hydrogen (secondary N) is 1. The van der Waals surface area contributed by atoms with Crippen molar-refractivity contribution in [1.29, 1.82) is 0 Å². The van der Waals surface area contributed by atoms with Crippen molar-refractivity contribution in [2.45, 2.75) is 38.6 Å². The molecule has 1 aromatic carbocycles. The van der Waals surface area contributed by atoms with Crippen LogP contribution in [0.15, 0.2) is 29.2 Å². The average Bonchev–Trinajstić information content (AvgIpc) is 2.74. The summed E-state index contributed by atoms with van der Waals surface area (Å²) in [5, 5.41) is 12.7. The highest BCUT2D eigenvalue weighted by Crippen LogP contribution is 2.29. The van der Waals surface area contributed by atoms with Crippen molar-refractivity contribution >= 4 is 11.8 Å². The molecule has 10 heteroatoms. The Morgan fingerprint density at radius 2 is 2.23 bits per heavy atom. The van der Waals surface area contributed by atoms with Gasteiger partial charge in [-0.25, -0.2) is 8.78 Å². The molecule has 4 rings (SSSR count). The maximum Gasteiger partial charge on any atom is 0.276 e. The highest BCUT2D eigenvalue weighted by Gasteiger charge is 2.41. The van der Waals surface area contributed by atoms with Gasteiger partial charge < -0.3 is 24.6 Å². The van der Waals surface area contributed by atoms with Crippen LogP contribution in [0.2, 0.25) is 0 Å². The number of ether oxygens (including phenoxy) is 1. The second-order valence-corrected chi connectivity index (χ2v) is 6.69. The van der Waals surface area contributed by atoms with E-state index in [4.69, 9.17) is 11.6 Å². The van der Waals surface area contributed by atoms with Crippen molar-refractivity contribution in [3.63, 3.8) is 0 Å². The summed E-state index contributed by atoms with van der Waals surface area (Å²) in [6.07, 6.45) is -1.93. The Bertz CT molecular complexity index is 1300. The molecule has 0 bridgehead atoms. The molecule has 2 aromatic rings. The van der Waals surface area contributed by atoms with Crippen LogP contribution in [0.3, 0.4) is 0 Å². The highest BCUT2D eigenvalue weighted by atomic mass is 19.1. The number of halogens is 2. The number of fused-ring (bicyclic) bond motifs is 2. The number of hydrogen-bond acceptors (Lipinski definition) is 5. The lowest BCUT2D eigenvalue weighted by Gasteiger charge is -2.44. The van der Waals surface area contributed by atoms with E-state index in [2.05, 4.69) is 5.32 Å². The summed E-state index contributed by atoms with van der Waals surface area (Å²) in [5.41, 5.74) is -2.71. The van der Waals surface area contributed by atoms with Crippen molar-refractivity contribution in [3.8, 4) is 5.75 Å². The van der Waals surface area contributed by atoms with Crippen molar-refractivity contribution < 1.29 is 35.1 Å². The summed E-state index contributed by atoms with van der Waals surface area (Å²) in [4.78, 5) is 38.9. The van der Waals surface area contributed by atoms with Crippen LogP contribution in [0, 0.1) is 11.6 Å². The van der Waals surface area contributed by atoms with Gasteiger partial charge in [0.15, 0.2) is 17.6 Å². The molecule has 3 heterocycles. The number of aromatic nitrogens is 1. The predicted octanol–water partition coefficient (Wildman–Crippen LogP) is 1.35. The van der Waals surface area contributed by atoms with Crippen LogP contribution >= 0.6 is 0 Å². The largest absolute Gasteiger partial charge is 0.503 e. The van der Waals surface area contributed by atoms with Crippen LogP contribution in [0.5, 0.6) is 5.75 Å². The van der Waals surface area contributed by atoms with Gasteiger partial charge in [-0.2, -0.15) is 0 Å². The summed E-state index contributed by atoms with van der Waals surface area (Å²) in [6.45, 7) is -4.41. The number of pyridine rings is 1. The van der Waals surface area contributed by atoms with Crippen molar-refractivity contribution in [2.24, 2.45) is 0 Å². The fraction of sp³-hybridized carbons (Fsp3) is 0.350. The first-order chi connectivity index (χ1) is 16.2. The van der Waals surface area contributed by atoms with E-state index in [1.165, 1.54) is 0 Å². The van der Waals surface area contributed by atoms with Crippen LogP contribution < -0.4 is 10.7 Å². The fourth-order valence-electron chi connectivity index (χ4n) is 3.29. The van der Waals surface area contributed by atoms with Gasteiger partial charge in [0, 0.05) is 34.5 Å². The molecule has 30 heavy (non-hydrogen) atoms. The molecule has 2 aliphatic heterocycles. The maximum absolute atomic E-state index is 13.8. The van der Waals surface area contributed by atoms with E-state index in [-0.39, 0.29) is 12.2 Å². The second kappa shape index (κ2) is 7.52. The van der Waals surface area contributed by atoms with E-state index < -0.39 is 84.5 Å². The summed E-state index contributed by atoms with van der Waals surface area (Å²) in [5.74, 6) is -5.29.